The number of benzene rings is 1. The molecule has 0 aliphatic carbocycles. The molecule has 0 heterocycles. The van der Waals surface area contributed by atoms with E-state index in [1.165, 1.54) is 6.07 Å². The minimum absolute atomic E-state index is 0.304. The summed E-state index contributed by atoms with van der Waals surface area (Å²) in [5, 5.41) is 2.91. The highest BCUT2D eigenvalue weighted by atomic mass is 79.9. The number of rotatable bonds is 4. The minimum Gasteiger partial charge on any atom is -0.464 e. The zero-order valence-corrected chi connectivity index (χ0v) is 11.6. The summed E-state index contributed by atoms with van der Waals surface area (Å²) in [6, 6.07) is 4.45. The summed E-state index contributed by atoms with van der Waals surface area (Å²) in [6.45, 7) is 3.75. The van der Waals surface area contributed by atoms with E-state index in [-0.39, 0.29) is 11.8 Å². The van der Waals surface area contributed by atoms with Gasteiger partial charge < -0.3 is 10.1 Å². The van der Waals surface area contributed by atoms with Gasteiger partial charge >= 0.3 is 5.97 Å². The van der Waals surface area contributed by atoms with Crippen molar-refractivity contribution < 1.29 is 13.9 Å². The predicted octanol–water partition coefficient (Wildman–Crippen LogP) is 2.59. The topological polar surface area (TPSA) is 38.3 Å². The van der Waals surface area contributed by atoms with Gasteiger partial charge in [-0.3, -0.25) is 0 Å². The Balaban J connectivity index is 3.15. The summed E-state index contributed by atoms with van der Waals surface area (Å²) in [6.07, 6.45) is 0. The zero-order valence-electron chi connectivity index (χ0n) is 10.0. The monoisotopic (exact) mass is 303 g/mol. The molecule has 3 nitrogen and oxygen atoms in total. The maximum atomic E-state index is 13.2. The molecule has 0 aromatic heterocycles. The molecule has 0 aliphatic rings. The van der Waals surface area contributed by atoms with Gasteiger partial charge in [-0.1, -0.05) is 6.07 Å². The van der Waals surface area contributed by atoms with E-state index in [0.29, 0.717) is 16.6 Å². The van der Waals surface area contributed by atoms with Crippen LogP contribution in [-0.4, -0.2) is 19.6 Å². The fourth-order valence-electron chi connectivity index (χ4n) is 1.45. The molecular weight excluding hydrogens is 289 g/mol. The molecule has 0 saturated heterocycles. The molecule has 1 rings (SSSR count). The van der Waals surface area contributed by atoms with E-state index in [1.807, 2.05) is 0 Å². The first kappa shape index (κ1) is 14.1. The minimum atomic E-state index is -0.980. The maximum absolute atomic E-state index is 13.2. The number of carbonyl (C=O) groups excluding carboxylic acids is 1. The summed E-state index contributed by atoms with van der Waals surface area (Å²) < 4.78 is 18.5. The van der Waals surface area contributed by atoms with Gasteiger partial charge in [0, 0.05) is 0 Å². The summed E-state index contributed by atoms with van der Waals surface area (Å²) >= 11 is 3.10. The van der Waals surface area contributed by atoms with Crippen LogP contribution in [0, 0.1) is 5.82 Å². The molecule has 94 valence electrons. The number of likely N-dealkylation sites (N-methyl/N-ethyl adjacent to an activating group) is 1. The van der Waals surface area contributed by atoms with E-state index >= 15 is 0 Å². The molecule has 0 radical (unpaired) electrons. The molecule has 17 heavy (non-hydrogen) atoms. The molecule has 0 amide bonds. The smallest absolute Gasteiger partial charge is 0.330 e. The normalized spacial score (nSPS) is 14.2. The van der Waals surface area contributed by atoms with Crippen molar-refractivity contribution in [2.75, 3.05) is 13.7 Å². The van der Waals surface area contributed by atoms with Crippen LogP contribution >= 0.6 is 15.9 Å². The van der Waals surface area contributed by atoms with Crippen LogP contribution in [0.2, 0.25) is 0 Å². The van der Waals surface area contributed by atoms with Crippen molar-refractivity contribution >= 4 is 21.9 Å². The van der Waals surface area contributed by atoms with E-state index in [2.05, 4.69) is 21.2 Å². The van der Waals surface area contributed by atoms with E-state index in [4.69, 9.17) is 4.74 Å². The standard InChI is InChI=1S/C12H15BrFNO2/c1-4-17-11(16)12(2,15-3)8-5-6-10(14)9(13)7-8/h5-7,15H,4H2,1-3H3. The predicted molar refractivity (Wildman–Crippen MR) is 67.1 cm³/mol. The lowest BCUT2D eigenvalue weighted by Crippen LogP contribution is -2.45. The largest absolute Gasteiger partial charge is 0.464 e. The number of carbonyl (C=O) groups is 1. The van der Waals surface area contributed by atoms with Crippen molar-refractivity contribution in [2.45, 2.75) is 19.4 Å². The highest BCUT2D eigenvalue weighted by molar-refractivity contribution is 9.10. The molecule has 0 aliphatic heterocycles. The number of halogens is 2. The third-order valence-electron chi connectivity index (χ3n) is 2.68. The van der Waals surface area contributed by atoms with Crippen molar-refractivity contribution in [1.82, 2.24) is 5.32 Å². The first-order valence-electron chi connectivity index (χ1n) is 5.27. The van der Waals surface area contributed by atoms with Crippen LogP contribution < -0.4 is 5.32 Å². The Hall–Kier alpha value is -0.940. The van der Waals surface area contributed by atoms with Crippen LogP contribution in [0.3, 0.4) is 0 Å². The summed E-state index contributed by atoms with van der Waals surface area (Å²) in [4.78, 5) is 11.9. The Labute approximate surface area is 108 Å². The average Bonchev–Trinajstić information content (AvgIpc) is 2.32. The lowest BCUT2D eigenvalue weighted by Gasteiger charge is -2.27. The van der Waals surface area contributed by atoms with Gasteiger partial charge in [0.05, 0.1) is 11.1 Å². The molecule has 0 saturated carbocycles. The Morgan fingerprint density at radius 3 is 2.71 bits per heavy atom. The van der Waals surface area contributed by atoms with E-state index in [9.17, 15) is 9.18 Å². The average molecular weight is 304 g/mol. The van der Waals surface area contributed by atoms with Crippen molar-refractivity contribution in [3.05, 3.63) is 34.1 Å². The van der Waals surface area contributed by atoms with Crippen LogP contribution in [0.1, 0.15) is 19.4 Å². The van der Waals surface area contributed by atoms with Gasteiger partial charge in [0.1, 0.15) is 11.4 Å². The molecule has 0 fully saturated rings. The summed E-state index contributed by atoms with van der Waals surface area (Å²) in [5.41, 5.74) is -0.335. The number of hydrogen-bond donors (Lipinski definition) is 1. The van der Waals surface area contributed by atoms with Gasteiger partial charge in [-0.05, 0) is 54.5 Å². The van der Waals surface area contributed by atoms with Gasteiger partial charge in [0.2, 0.25) is 0 Å². The fourth-order valence-corrected chi connectivity index (χ4v) is 1.83. The molecule has 0 bridgehead atoms. The second-order valence-electron chi connectivity index (χ2n) is 3.72. The number of esters is 1. The van der Waals surface area contributed by atoms with Crippen LogP contribution in [0.5, 0.6) is 0 Å². The zero-order chi connectivity index (χ0) is 13.1. The van der Waals surface area contributed by atoms with Crippen molar-refractivity contribution in [1.29, 1.82) is 0 Å². The van der Waals surface area contributed by atoms with Crippen molar-refractivity contribution in [3.63, 3.8) is 0 Å². The van der Waals surface area contributed by atoms with Crippen LogP contribution in [0.25, 0.3) is 0 Å². The van der Waals surface area contributed by atoms with Crippen molar-refractivity contribution in [3.8, 4) is 0 Å². The van der Waals surface area contributed by atoms with E-state index < -0.39 is 5.54 Å². The van der Waals surface area contributed by atoms with Gasteiger partial charge in [-0.25, -0.2) is 9.18 Å². The van der Waals surface area contributed by atoms with Crippen LogP contribution in [0.15, 0.2) is 22.7 Å². The Morgan fingerprint density at radius 1 is 1.59 bits per heavy atom. The molecule has 1 aromatic carbocycles. The Bertz CT molecular complexity index is 425. The third kappa shape index (κ3) is 2.84. The van der Waals surface area contributed by atoms with E-state index in [0.717, 1.165) is 0 Å². The van der Waals surface area contributed by atoms with Crippen LogP contribution in [-0.2, 0) is 15.1 Å². The third-order valence-corrected chi connectivity index (χ3v) is 3.29. The lowest BCUT2D eigenvalue weighted by atomic mass is 9.92. The first-order valence-corrected chi connectivity index (χ1v) is 6.06. The summed E-state index contributed by atoms with van der Waals surface area (Å²) in [7, 11) is 1.66. The Kier molecular flexibility index (Phi) is 4.65. The molecule has 1 unspecified atom stereocenters. The van der Waals surface area contributed by atoms with Crippen molar-refractivity contribution in [2.24, 2.45) is 0 Å². The molecule has 1 aromatic rings. The Morgan fingerprint density at radius 2 is 2.24 bits per heavy atom. The molecule has 0 spiro atoms. The van der Waals surface area contributed by atoms with Gasteiger partial charge in [-0.2, -0.15) is 0 Å². The maximum Gasteiger partial charge on any atom is 0.330 e. The van der Waals surface area contributed by atoms with E-state index in [1.54, 1.807) is 33.0 Å². The quantitative estimate of drug-likeness (QED) is 0.869. The molecule has 1 N–H and O–H groups in total. The number of ether oxygens (including phenoxy) is 1. The SMILES string of the molecule is CCOC(=O)C(C)(NC)c1ccc(F)c(Br)c1. The number of nitrogens with one attached hydrogen (secondary N) is 1. The second kappa shape index (κ2) is 5.60. The first-order chi connectivity index (χ1) is 7.95. The summed E-state index contributed by atoms with van der Waals surface area (Å²) in [5.74, 6) is -0.753. The van der Waals surface area contributed by atoms with Gasteiger partial charge in [0.15, 0.2) is 0 Å². The number of hydrogen-bond acceptors (Lipinski definition) is 3. The lowest BCUT2D eigenvalue weighted by molar-refractivity contribution is -0.150. The fraction of sp³-hybridized carbons (Fsp3) is 0.417. The highest BCUT2D eigenvalue weighted by Crippen LogP contribution is 2.26. The van der Waals surface area contributed by atoms with Gasteiger partial charge in [-0.15, -0.1) is 0 Å². The van der Waals surface area contributed by atoms with Gasteiger partial charge in [0.25, 0.3) is 0 Å². The second-order valence-corrected chi connectivity index (χ2v) is 4.58. The molecular formula is C12H15BrFNO2. The molecule has 1 atom stereocenters. The highest BCUT2D eigenvalue weighted by Gasteiger charge is 2.35. The van der Waals surface area contributed by atoms with Crippen LogP contribution in [0.4, 0.5) is 4.39 Å². The molecule has 5 heteroatoms.